The van der Waals surface area contributed by atoms with Crippen LogP contribution in [0.5, 0.6) is 0 Å². The molecule has 1 aromatic rings. The monoisotopic (exact) mass is 354 g/mol. The molecule has 0 spiro atoms. The van der Waals surface area contributed by atoms with Gasteiger partial charge in [-0.1, -0.05) is 53.3 Å². The highest BCUT2D eigenvalue weighted by atomic mass is 35.5. The van der Waals surface area contributed by atoms with E-state index < -0.39 is 0 Å². The molecule has 0 aliphatic carbocycles. The van der Waals surface area contributed by atoms with E-state index in [4.69, 9.17) is 51.1 Å². The summed E-state index contributed by atoms with van der Waals surface area (Å²) >= 11 is 24.2. The maximum Gasteiger partial charge on any atom is 0.171 e. The molecule has 6 heteroatoms. The number of carbonyl (C=O) groups excluding carboxylic acids is 1. The Morgan fingerprint density at radius 3 is 2.10 bits per heavy atom. The summed E-state index contributed by atoms with van der Waals surface area (Å²) in [6.07, 6.45) is -0.173. The van der Waals surface area contributed by atoms with E-state index in [2.05, 4.69) is 0 Å². The van der Waals surface area contributed by atoms with Crippen LogP contribution in [0.4, 0.5) is 0 Å². The number of ether oxygens (including phenoxy) is 1. The topological polar surface area (TPSA) is 26.3 Å². The minimum Gasteiger partial charge on any atom is -0.374 e. The molecule has 2 rings (SSSR count). The summed E-state index contributed by atoms with van der Waals surface area (Å²) in [5, 5.41) is 0.699. The number of hydrogen-bond donors (Lipinski definition) is 0. The highest BCUT2D eigenvalue weighted by Gasteiger charge is 2.43. The number of Topliss-reactive ketones (excluding diaryl/α,β-unsaturated/α-hetero) is 1. The van der Waals surface area contributed by atoms with Crippen molar-refractivity contribution in [2.24, 2.45) is 11.8 Å². The second-order valence-electron chi connectivity index (χ2n) is 5.14. The molecule has 20 heavy (non-hydrogen) atoms. The highest BCUT2D eigenvalue weighted by molar-refractivity contribution is 6.51. The van der Waals surface area contributed by atoms with Crippen molar-refractivity contribution in [3.8, 4) is 0 Å². The maximum atomic E-state index is 12.8. The van der Waals surface area contributed by atoms with Gasteiger partial charge in [0.15, 0.2) is 5.78 Å². The van der Waals surface area contributed by atoms with E-state index in [1.165, 1.54) is 6.07 Å². The van der Waals surface area contributed by atoms with Gasteiger partial charge < -0.3 is 4.74 Å². The van der Waals surface area contributed by atoms with Crippen LogP contribution in [-0.2, 0) is 4.74 Å². The summed E-state index contributed by atoms with van der Waals surface area (Å²) in [5.41, 5.74) is 0.226. The summed E-state index contributed by atoms with van der Waals surface area (Å²) in [6.45, 7) is 5.81. The predicted octanol–water partition coefficient (Wildman–Crippen LogP) is 5.54. The van der Waals surface area contributed by atoms with Crippen molar-refractivity contribution >= 4 is 52.2 Å². The molecule has 0 aromatic heterocycles. The average Bonchev–Trinajstić information content (AvgIpc) is 2.60. The Morgan fingerprint density at radius 1 is 1.00 bits per heavy atom. The van der Waals surface area contributed by atoms with Crippen LogP contribution < -0.4 is 0 Å². The summed E-state index contributed by atoms with van der Waals surface area (Å²) in [4.78, 5) is 12.8. The van der Waals surface area contributed by atoms with Gasteiger partial charge in [-0.2, -0.15) is 0 Å². The molecule has 0 amide bonds. The van der Waals surface area contributed by atoms with E-state index in [0.29, 0.717) is 0 Å². The van der Waals surface area contributed by atoms with E-state index in [0.717, 1.165) is 0 Å². The zero-order valence-electron chi connectivity index (χ0n) is 11.2. The zero-order valence-corrected chi connectivity index (χ0v) is 14.2. The van der Waals surface area contributed by atoms with Gasteiger partial charge in [-0.25, -0.2) is 0 Å². The van der Waals surface area contributed by atoms with Crippen molar-refractivity contribution in [2.45, 2.75) is 33.0 Å². The third-order valence-corrected chi connectivity index (χ3v) is 5.47. The highest BCUT2D eigenvalue weighted by Crippen LogP contribution is 2.42. The van der Waals surface area contributed by atoms with Crippen LogP contribution >= 0.6 is 46.4 Å². The standard InChI is InChI=1S/C14H14Cl4O2/c1-5-6(2)20-7(3)10(5)14(19)11-8(15)4-9(16)12(17)13(11)18/h4-7,10H,1-3H3. The number of carbonyl (C=O) groups is 1. The van der Waals surface area contributed by atoms with Crippen LogP contribution in [-0.4, -0.2) is 18.0 Å². The molecule has 110 valence electrons. The lowest BCUT2D eigenvalue weighted by Gasteiger charge is -2.19. The van der Waals surface area contributed by atoms with Crippen molar-refractivity contribution in [3.63, 3.8) is 0 Å². The van der Waals surface area contributed by atoms with Crippen molar-refractivity contribution in [3.05, 3.63) is 31.7 Å². The Morgan fingerprint density at radius 2 is 1.60 bits per heavy atom. The van der Waals surface area contributed by atoms with Crippen molar-refractivity contribution in [2.75, 3.05) is 0 Å². The van der Waals surface area contributed by atoms with Gasteiger partial charge in [0.25, 0.3) is 0 Å². The molecule has 1 aromatic carbocycles. The van der Waals surface area contributed by atoms with Crippen LogP contribution in [0.2, 0.25) is 20.1 Å². The summed E-state index contributed by atoms with van der Waals surface area (Å²) in [5.74, 6) is -0.362. The van der Waals surface area contributed by atoms with Crippen LogP contribution in [0.3, 0.4) is 0 Å². The van der Waals surface area contributed by atoms with E-state index in [1.807, 2.05) is 20.8 Å². The van der Waals surface area contributed by atoms with Gasteiger partial charge in [0.05, 0.1) is 43.8 Å². The van der Waals surface area contributed by atoms with Crippen LogP contribution in [0.25, 0.3) is 0 Å². The largest absolute Gasteiger partial charge is 0.374 e. The van der Waals surface area contributed by atoms with E-state index in [1.54, 1.807) is 0 Å². The van der Waals surface area contributed by atoms with Gasteiger partial charge >= 0.3 is 0 Å². The van der Waals surface area contributed by atoms with E-state index in [-0.39, 0.29) is 55.5 Å². The Labute approximate surface area is 138 Å². The zero-order chi connectivity index (χ0) is 15.2. The van der Waals surface area contributed by atoms with Gasteiger partial charge in [0.1, 0.15) is 0 Å². The van der Waals surface area contributed by atoms with E-state index >= 15 is 0 Å². The number of benzene rings is 1. The van der Waals surface area contributed by atoms with Crippen molar-refractivity contribution in [1.82, 2.24) is 0 Å². The number of rotatable bonds is 2. The minimum absolute atomic E-state index is 0.0132. The molecule has 0 N–H and O–H groups in total. The molecule has 4 unspecified atom stereocenters. The van der Waals surface area contributed by atoms with Gasteiger partial charge in [-0.05, 0) is 25.8 Å². The third-order valence-electron chi connectivity index (χ3n) is 3.91. The predicted molar refractivity (Wildman–Crippen MR) is 83.5 cm³/mol. The molecule has 1 saturated heterocycles. The van der Waals surface area contributed by atoms with Gasteiger partial charge in [-0.3, -0.25) is 4.79 Å². The number of halogens is 4. The minimum atomic E-state index is -0.294. The van der Waals surface area contributed by atoms with Gasteiger partial charge in [-0.15, -0.1) is 0 Å². The molecular weight excluding hydrogens is 342 g/mol. The molecule has 2 nitrogen and oxygen atoms in total. The smallest absolute Gasteiger partial charge is 0.171 e. The fourth-order valence-corrected chi connectivity index (χ4v) is 3.78. The Bertz CT molecular complexity index is 559. The summed E-state index contributed by atoms with van der Waals surface area (Å²) in [7, 11) is 0. The second kappa shape index (κ2) is 6.02. The first-order chi connectivity index (χ1) is 9.25. The van der Waals surface area contributed by atoms with E-state index in [9.17, 15) is 4.79 Å². The fraction of sp³-hybridized carbons (Fsp3) is 0.500. The van der Waals surface area contributed by atoms with Crippen LogP contribution in [0.1, 0.15) is 31.1 Å². The van der Waals surface area contributed by atoms with Crippen molar-refractivity contribution < 1.29 is 9.53 Å². The maximum absolute atomic E-state index is 12.8. The molecular formula is C14H14Cl4O2. The normalized spacial score (nSPS) is 29.8. The lowest BCUT2D eigenvalue weighted by molar-refractivity contribution is 0.0491. The first-order valence-electron chi connectivity index (χ1n) is 6.28. The van der Waals surface area contributed by atoms with Gasteiger partial charge in [0.2, 0.25) is 0 Å². The van der Waals surface area contributed by atoms with Gasteiger partial charge in [0, 0.05) is 0 Å². The van der Waals surface area contributed by atoms with Crippen LogP contribution in [0.15, 0.2) is 6.07 Å². The molecule has 1 fully saturated rings. The third kappa shape index (κ3) is 2.69. The molecule has 0 saturated carbocycles. The lowest BCUT2D eigenvalue weighted by Crippen LogP contribution is -2.27. The first kappa shape index (κ1) is 16.4. The molecule has 1 aliphatic rings. The lowest BCUT2D eigenvalue weighted by atomic mass is 9.83. The molecule has 0 radical (unpaired) electrons. The SMILES string of the molecule is CC1OC(C)C(C(=O)c2c(Cl)cc(Cl)c(Cl)c2Cl)C1C. The molecule has 4 atom stereocenters. The summed E-state index contributed by atoms with van der Waals surface area (Å²) in [6, 6.07) is 1.44. The first-order valence-corrected chi connectivity index (χ1v) is 7.79. The Hall–Kier alpha value is 0.01000. The number of ketones is 1. The second-order valence-corrected chi connectivity index (χ2v) is 6.71. The quantitative estimate of drug-likeness (QED) is 0.395. The molecule has 1 heterocycles. The molecule has 1 aliphatic heterocycles. The average molecular weight is 356 g/mol. The number of hydrogen-bond acceptors (Lipinski definition) is 2. The fourth-order valence-electron chi connectivity index (χ4n) is 2.68. The van der Waals surface area contributed by atoms with Crippen LogP contribution in [0, 0.1) is 11.8 Å². The molecule has 0 bridgehead atoms. The Balaban J connectivity index is 2.47. The van der Waals surface area contributed by atoms with Crippen molar-refractivity contribution in [1.29, 1.82) is 0 Å². The Kier molecular flexibility index (Phi) is 4.93. The summed E-state index contributed by atoms with van der Waals surface area (Å²) < 4.78 is 5.70.